The van der Waals surface area contributed by atoms with E-state index in [9.17, 15) is 4.79 Å². The van der Waals surface area contributed by atoms with Gasteiger partial charge in [0.25, 0.3) is 0 Å². The second kappa shape index (κ2) is 5.21. The lowest BCUT2D eigenvalue weighted by molar-refractivity contribution is -0.131. The summed E-state index contributed by atoms with van der Waals surface area (Å²) in [5.41, 5.74) is 1.16. The van der Waals surface area contributed by atoms with Crippen LogP contribution in [0, 0.1) is 5.92 Å². The highest BCUT2D eigenvalue weighted by Crippen LogP contribution is 2.23. The van der Waals surface area contributed by atoms with Crippen molar-refractivity contribution in [3.05, 3.63) is 29.8 Å². The number of benzene rings is 1. The van der Waals surface area contributed by atoms with Gasteiger partial charge in [0.05, 0.1) is 7.11 Å². The fraction of sp³-hybridized carbons (Fsp3) is 0.500. The summed E-state index contributed by atoms with van der Waals surface area (Å²) in [4.78, 5) is 13.9. The standard InChI is InChI=1S/C14H19NO2/c1-3-12-8-9-15(14(12)16)10-11-4-6-13(17-2)7-5-11/h4-7,12H,3,8-10H2,1-2H3. The molecule has 0 saturated carbocycles. The topological polar surface area (TPSA) is 29.5 Å². The van der Waals surface area contributed by atoms with Crippen LogP contribution in [-0.2, 0) is 11.3 Å². The average Bonchev–Trinajstić information content (AvgIpc) is 2.71. The lowest BCUT2D eigenvalue weighted by Crippen LogP contribution is -2.26. The van der Waals surface area contributed by atoms with Crippen LogP contribution in [0.15, 0.2) is 24.3 Å². The molecule has 1 aromatic rings. The van der Waals surface area contributed by atoms with Crippen molar-refractivity contribution in [1.82, 2.24) is 4.90 Å². The van der Waals surface area contributed by atoms with E-state index in [1.54, 1.807) is 7.11 Å². The van der Waals surface area contributed by atoms with Crippen LogP contribution in [0.4, 0.5) is 0 Å². The van der Waals surface area contributed by atoms with E-state index in [4.69, 9.17) is 4.74 Å². The number of carbonyl (C=O) groups excluding carboxylic acids is 1. The number of hydrogen-bond donors (Lipinski definition) is 0. The van der Waals surface area contributed by atoms with Gasteiger partial charge in [0.2, 0.25) is 5.91 Å². The molecule has 0 aliphatic carbocycles. The molecule has 1 saturated heterocycles. The van der Waals surface area contributed by atoms with Crippen LogP contribution in [0.1, 0.15) is 25.3 Å². The minimum atomic E-state index is 0.244. The zero-order valence-electron chi connectivity index (χ0n) is 10.5. The third-order valence-electron chi connectivity index (χ3n) is 3.43. The highest BCUT2D eigenvalue weighted by molar-refractivity contribution is 5.80. The van der Waals surface area contributed by atoms with Crippen LogP contribution in [0.2, 0.25) is 0 Å². The summed E-state index contributed by atoms with van der Waals surface area (Å²) in [6.45, 7) is 3.70. The number of rotatable bonds is 4. The molecule has 1 aliphatic rings. The fourth-order valence-electron chi connectivity index (χ4n) is 2.29. The van der Waals surface area contributed by atoms with E-state index in [0.717, 1.165) is 37.2 Å². The number of likely N-dealkylation sites (tertiary alicyclic amines) is 1. The summed E-state index contributed by atoms with van der Waals surface area (Å²) in [7, 11) is 1.66. The van der Waals surface area contributed by atoms with E-state index in [0.29, 0.717) is 5.91 Å². The molecule has 1 aliphatic heterocycles. The Morgan fingerprint density at radius 2 is 2.06 bits per heavy atom. The van der Waals surface area contributed by atoms with Crippen LogP contribution in [0.25, 0.3) is 0 Å². The predicted molar refractivity (Wildman–Crippen MR) is 66.8 cm³/mol. The summed E-state index contributed by atoms with van der Waals surface area (Å²) in [6.07, 6.45) is 1.96. The Labute approximate surface area is 102 Å². The maximum absolute atomic E-state index is 12.0. The van der Waals surface area contributed by atoms with E-state index in [1.165, 1.54) is 0 Å². The zero-order chi connectivity index (χ0) is 12.3. The number of hydrogen-bond acceptors (Lipinski definition) is 2. The van der Waals surface area contributed by atoms with Crippen molar-refractivity contribution >= 4 is 5.91 Å². The molecule has 1 atom stereocenters. The molecule has 2 rings (SSSR count). The number of amides is 1. The first kappa shape index (κ1) is 12.0. The van der Waals surface area contributed by atoms with Gasteiger partial charge in [-0.2, -0.15) is 0 Å². The minimum absolute atomic E-state index is 0.244. The largest absolute Gasteiger partial charge is 0.497 e. The normalized spacial score (nSPS) is 19.8. The second-order valence-electron chi connectivity index (χ2n) is 4.50. The Bertz CT molecular complexity index is 386. The highest BCUT2D eigenvalue weighted by Gasteiger charge is 2.29. The molecule has 3 nitrogen and oxygen atoms in total. The van der Waals surface area contributed by atoms with Crippen LogP contribution in [0.5, 0.6) is 5.75 Å². The van der Waals surface area contributed by atoms with Gasteiger partial charge < -0.3 is 9.64 Å². The van der Waals surface area contributed by atoms with Crippen molar-refractivity contribution < 1.29 is 9.53 Å². The van der Waals surface area contributed by atoms with E-state index in [2.05, 4.69) is 6.92 Å². The quantitative estimate of drug-likeness (QED) is 0.799. The maximum atomic E-state index is 12.0. The summed E-state index contributed by atoms with van der Waals surface area (Å²) >= 11 is 0. The van der Waals surface area contributed by atoms with Gasteiger partial charge in [-0.25, -0.2) is 0 Å². The Hall–Kier alpha value is -1.51. The first-order chi connectivity index (χ1) is 8.24. The first-order valence-corrected chi connectivity index (χ1v) is 6.16. The summed E-state index contributed by atoms with van der Waals surface area (Å²) in [6, 6.07) is 7.91. The van der Waals surface area contributed by atoms with E-state index >= 15 is 0 Å². The number of carbonyl (C=O) groups is 1. The molecule has 1 amide bonds. The van der Waals surface area contributed by atoms with Gasteiger partial charge in [-0.1, -0.05) is 19.1 Å². The monoisotopic (exact) mass is 233 g/mol. The minimum Gasteiger partial charge on any atom is -0.497 e. The van der Waals surface area contributed by atoms with Gasteiger partial charge in [-0.15, -0.1) is 0 Å². The van der Waals surface area contributed by atoms with Gasteiger partial charge in [0.1, 0.15) is 5.75 Å². The third-order valence-corrected chi connectivity index (χ3v) is 3.43. The SMILES string of the molecule is CCC1CCN(Cc2ccc(OC)cc2)C1=O. The number of methoxy groups -OCH3 is 1. The molecule has 1 aromatic carbocycles. The van der Waals surface area contributed by atoms with E-state index in [-0.39, 0.29) is 5.92 Å². The summed E-state index contributed by atoms with van der Waals surface area (Å²) < 4.78 is 5.11. The van der Waals surface area contributed by atoms with Crippen LogP contribution in [-0.4, -0.2) is 24.5 Å². The van der Waals surface area contributed by atoms with E-state index in [1.807, 2.05) is 29.2 Å². The third kappa shape index (κ3) is 2.60. The van der Waals surface area contributed by atoms with Crippen molar-refractivity contribution in [1.29, 1.82) is 0 Å². The maximum Gasteiger partial charge on any atom is 0.226 e. The van der Waals surface area contributed by atoms with E-state index < -0.39 is 0 Å². The summed E-state index contributed by atoms with van der Waals surface area (Å²) in [5.74, 6) is 1.41. The molecular weight excluding hydrogens is 214 g/mol. The fourth-order valence-corrected chi connectivity index (χ4v) is 2.29. The van der Waals surface area contributed by atoms with Crippen molar-refractivity contribution in [2.75, 3.05) is 13.7 Å². The molecule has 3 heteroatoms. The van der Waals surface area contributed by atoms with Gasteiger partial charge in [0, 0.05) is 19.0 Å². The Morgan fingerprint density at radius 3 is 2.59 bits per heavy atom. The molecule has 1 fully saturated rings. The molecule has 0 bridgehead atoms. The molecule has 17 heavy (non-hydrogen) atoms. The Kier molecular flexibility index (Phi) is 3.67. The molecule has 0 spiro atoms. The van der Waals surface area contributed by atoms with Crippen LogP contribution in [0.3, 0.4) is 0 Å². The molecule has 0 N–H and O–H groups in total. The van der Waals surface area contributed by atoms with Crippen molar-refractivity contribution in [3.63, 3.8) is 0 Å². The molecular formula is C14H19NO2. The lowest BCUT2D eigenvalue weighted by Gasteiger charge is -2.16. The first-order valence-electron chi connectivity index (χ1n) is 6.16. The Morgan fingerprint density at radius 1 is 1.35 bits per heavy atom. The molecule has 1 unspecified atom stereocenters. The molecule has 1 heterocycles. The van der Waals surface area contributed by atoms with Crippen LogP contribution < -0.4 is 4.74 Å². The lowest BCUT2D eigenvalue weighted by atomic mass is 10.1. The highest BCUT2D eigenvalue weighted by atomic mass is 16.5. The van der Waals surface area contributed by atoms with Gasteiger partial charge in [-0.05, 0) is 30.5 Å². The smallest absolute Gasteiger partial charge is 0.226 e. The van der Waals surface area contributed by atoms with Crippen LogP contribution >= 0.6 is 0 Å². The van der Waals surface area contributed by atoms with Crippen molar-refractivity contribution in [2.24, 2.45) is 5.92 Å². The second-order valence-corrected chi connectivity index (χ2v) is 4.50. The number of nitrogens with zero attached hydrogens (tertiary/aromatic N) is 1. The van der Waals surface area contributed by atoms with Crippen molar-refractivity contribution in [2.45, 2.75) is 26.3 Å². The van der Waals surface area contributed by atoms with Gasteiger partial charge >= 0.3 is 0 Å². The molecule has 0 radical (unpaired) electrons. The zero-order valence-corrected chi connectivity index (χ0v) is 10.5. The Balaban J connectivity index is 1.99. The van der Waals surface area contributed by atoms with Gasteiger partial charge in [-0.3, -0.25) is 4.79 Å². The molecule has 92 valence electrons. The summed E-state index contributed by atoms with van der Waals surface area (Å²) in [5, 5.41) is 0. The predicted octanol–water partition coefficient (Wildman–Crippen LogP) is 2.45. The molecule has 0 aromatic heterocycles. The van der Waals surface area contributed by atoms with Gasteiger partial charge in [0.15, 0.2) is 0 Å². The van der Waals surface area contributed by atoms with Crippen molar-refractivity contribution in [3.8, 4) is 5.75 Å². The average molecular weight is 233 g/mol. The number of ether oxygens (including phenoxy) is 1.